The third kappa shape index (κ3) is 2.87. The Balaban J connectivity index is 2.20. The van der Waals surface area contributed by atoms with Gasteiger partial charge in [-0.1, -0.05) is 6.08 Å². The fraction of sp³-hybridized carbons (Fsp3) is 0.600. The Hall–Kier alpha value is -1.32. The lowest BCUT2D eigenvalue weighted by Gasteiger charge is -2.12. The van der Waals surface area contributed by atoms with E-state index in [1.54, 1.807) is 6.08 Å². The van der Waals surface area contributed by atoms with Crippen LogP contribution in [0, 0.1) is 0 Å². The second-order valence-corrected chi connectivity index (χ2v) is 3.19. The molecule has 1 aliphatic heterocycles. The molecule has 0 saturated carbocycles. The molecule has 0 bridgehead atoms. The lowest BCUT2D eigenvalue weighted by Crippen LogP contribution is -2.32. The third-order valence-electron chi connectivity index (χ3n) is 2.07. The molecule has 0 aliphatic carbocycles. The number of unbranched alkanes of at least 4 members (excludes halogenated alkanes) is 1. The van der Waals surface area contributed by atoms with Gasteiger partial charge in [-0.25, -0.2) is 9.69 Å². The summed E-state index contributed by atoms with van der Waals surface area (Å²) < 4.78 is 4.92. The molecule has 2 amide bonds. The van der Waals surface area contributed by atoms with Crippen molar-refractivity contribution in [2.24, 2.45) is 0 Å². The van der Waals surface area contributed by atoms with Crippen LogP contribution in [0.3, 0.4) is 0 Å². The van der Waals surface area contributed by atoms with E-state index >= 15 is 0 Å². The van der Waals surface area contributed by atoms with Crippen molar-refractivity contribution in [3.8, 4) is 0 Å². The molecule has 1 saturated heterocycles. The standard InChI is InChI=1S/C10H15NO3/c1-2-3-4-8-14-10(13)11-7-5-6-9(11)12/h2H,1,3-8H2. The van der Waals surface area contributed by atoms with E-state index in [0.717, 1.165) is 19.3 Å². The Bertz CT molecular complexity index is 238. The fourth-order valence-corrected chi connectivity index (χ4v) is 1.31. The highest BCUT2D eigenvalue weighted by molar-refractivity contribution is 5.93. The van der Waals surface area contributed by atoms with E-state index < -0.39 is 6.09 Å². The van der Waals surface area contributed by atoms with Crippen LogP contribution < -0.4 is 0 Å². The number of nitrogens with zero attached hydrogens (tertiary/aromatic N) is 1. The first-order chi connectivity index (χ1) is 6.75. The highest BCUT2D eigenvalue weighted by Crippen LogP contribution is 2.10. The van der Waals surface area contributed by atoms with Crippen LogP contribution >= 0.6 is 0 Å². The molecule has 4 nitrogen and oxygen atoms in total. The van der Waals surface area contributed by atoms with Gasteiger partial charge < -0.3 is 4.74 Å². The van der Waals surface area contributed by atoms with Gasteiger partial charge in [-0.2, -0.15) is 0 Å². The summed E-state index contributed by atoms with van der Waals surface area (Å²) in [6, 6.07) is 0. The SMILES string of the molecule is C=CCCCOC(=O)N1CCCC1=O. The first-order valence-electron chi connectivity index (χ1n) is 4.83. The topological polar surface area (TPSA) is 46.6 Å². The molecule has 4 heteroatoms. The van der Waals surface area contributed by atoms with Crippen LogP contribution in [-0.2, 0) is 9.53 Å². The number of carbonyl (C=O) groups is 2. The largest absolute Gasteiger partial charge is 0.449 e. The van der Waals surface area contributed by atoms with E-state index in [-0.39, 0.29) is 5.91 Å². The van der Waals surface area contributed by atoms with Crippen molar-refractivity contribution in [2.45, 2.75) is 25.7 Å². The van der Waals surface area contributed by atoms with Crippen molar-refractivity contribution in [3.63, 3.8) is 0 Å². The van der Waals surface area contributed by atoms with Gasteiger partial charge in [0.2, 0.25) is 5.91 Å². The Kier molecular flexibility index (Phi) is 4.16. The molecule has 1 heterocycles. The van der Waals surface area contributed by atoms with Crippen LogP contribution in [0.5, 0.6) is 0 Å². The zero-order valence-electron chi connectivity index (χ0n) is 8.20. The first-order valence-corrected chi connectivity index (χ1v) is 4.83. The summed E-state index contributed by atoms with van der Waals surface area (Å²) in [5, 5.41) is 0. The Morgan fingerprint density at radius 2 is 2.43 bits per heavy atom. The van der Waals surface area contributed by atoms with Crippen LogP contribution in [-0.4, -0.2) is 30.1 Å². The monoisotopic (exact) mass is 197 g/mol. The van der Waals surface area contributed by atoms with Gasteiger partial charge in [0.05, 0.1) is 6.61 Å². The molecule has 0 N–H and O–H groups in total. The Morgan fingerprint density at radius 1 is 1.64 bits per heavy atom. The average Bonchev–Trinajstić information content (AvgIpc) is 2.59. The summed E-state index contributed by atoms with van der Waals surface area (Å²) in [4.78, 5) is 23.6. The van der Waals surface area contributed by atoms with Crippen molar-refractivity contribution >= 4 is 12.0 Å². The predicted molar refractivity (Wildman–Crippen MR) is 51.7 cm³/mol. The van der Waals surface area contributed by atoms with Gasteiger partial charge in [0.25, 0.3) is 0 Å². The normalized spacial score (nSPS) is 15.7. The van der Waals surface area contributed by atoms with Gasteiger partial charge >= 0.3 is 6.09 Å². The fourth-order valence-electron chi connectivity index (χ4n) is 1.31. The maximum atomic E-state index is 11.3. The maximum Gasteiger partial charge on any atom is 0.416 e. The summed E-state index contributed by atoms with van der Waals surface area (Å²) in [6.45, 7) is 4.42. The van der Waals surface area contributed by atoms with Crippen molar-refractivity contribution < 1.29 is 14.3 Å². The Morgan fingerprint density at radius 3 is 3.00 bits per heavy atom. The van der Waals surface area contributed by atoms with Crippen LogP contribution in [0.4, 0.5) is 4.79 Å². The van der Waals surface area contributed by atoms with Crippen molar-refractivity contribution in [1.29, 1.82) is 0 Å². The van der Waals surface area contributed by atoms with Crippen LogP contribution in [0.15, 0.2) is 12.7 Å². The lowest BCUT2D eigenvalue weighted by molar-refractivity contribution is -0.126. The van der Waals surface area contributed by atoms with E-state index in [0.29, 0.717) is 19.6 Å². The van der Waals surface area contributed by atoms with E-state index in [2.05, 4.69) is 6.58 Å². The van der Waals surface area contributed by atoms with Gasteiger partial charge in [-0.15, -0.1) is 6.58 Å². The summed E-state index contributed by atoms with van der Waals surface area (Å²) in [5.74, 6) is -0.126. The maximum absolute atomic E-state index is 11.3. The molecular weight excluding hydrogens is 182 g/mol. The number of imide groups is 1. The average molecular weight is 197 g/mol. The zero-order chi connectivity index (χ0) is 10.4. The summed E-state index contributed by atoms with van der Waals surface area (Å²) in [6.07, 6.45) is 4.06. The second kappa shape index (κ2) is 5.42. The first kappa shape index (κ1) is 10.8. The van der Waals surface area contributed by atoms with Crippen LogP contribution in [0.25, 0.3) is 0 Å². The molecule has 1 fully saturated rings. The summed E-state index contributed by atoms with van der Waals surface area (Å²) in [7, 11) is 0. The molecule has 1 rings (SSSR count). The van der Waals surface area contributed by atoms with Gasteiger partial charge in [-0.3, -0.25) is 4.79 Å². The molecule has 1 aliphatic rings. The molecule has 0 aromatic heterocycles. The van der Waals surface area contributed by atoms with E-state index in [9.17, 15) is 9.59 Å². The minimum atomic E-state index is -0.503. The van der Waals surface area contributed by atoms with Crippen molar-refractivity contribution in [1.82, 2.24) is 4.90 Å². The molecule has 0 atom stereocenters. The number of allylic oxidation sites excluding steroid dienone is 1. The van der Waals surface area contributed by atoms with Crippen molar-refractivity contribution in [2.75, 3.05) is 13.2 Å². The van der Waals surface area contributed by atoms with Gasteiger partial charge in [0.15, 0.2) is 0 Å². The highest BCUT2D eigenvalue weighted by atomic mass is 16.6. The number of likely N-dealkylation sites (tertiary alicyclic amines) is 1. The molecule has 0 aromatic carbocycles. The molecule has 0 spiro atoms. The molecule has 0 aromatic rings. The number of amides is 2. The molecular formula is C10H15NO3. The number of ether oxygens (including phenoxy) is 1. The second-order valence-electron chi connectivity index (χ2n) is 3.19. The molecule has 14 heavy (non-hydrogen) atoms. The lowest BCUT2D eigenvalue weighted by atomic mass is 10.3. The molecule has 0 unspecified atom stereocenters. The summed E-state index contributed by atoms with van der Waals surface area (Å²) >= 11 is 0. The summed E-state index contributed by atoms with van der Waals surface area (Å²) in [5.41, 5.74) is 0. The highest BCUT2D eigenvalue weighted by Gasteiger charge is 2.27. The van der Waals surface area contributed by atoms with E-state index in [1.807, 2.05) is 0 Å². The zero-order valence-corrected chi connectivity index (χ0v) is 8.20. The van der Waals surface area contributed by atoms with Gasteiger partial charge in [-0.05, 0) is 19.3 Å². The van der Waals surface area contributed by atoms with E-state index in [1.165, 1.54) is 4.90 Å². The molecule has 0 radical (unpaired) electrons. The number of hydrogen-bond donors (Lipinski definition) is 0. The molecule has 78 valence electrons. The van der Waals surface area contributed by atoms with Crippen molar-refractivity contribution in [3.05, 3.63) is 12.7 Å². The Labute approximate surface area is 83.5 Å². The van der Waals surface area contributed by atoms with Crippen LogP contribution in [0.1, 0.15) is 25.7 Å². The van der Waals surface area contributed by atoms with Gasteiger partial charge in [0, 0.05) is 13.0 Å². The van der Waals surface area contributed by atoms with Gasteiger partial charge in [0.1, 0.15) is 0 Å². The minimum absolute atomic E-state index is 0.126. The van der Waals surface area contributed by atoms with Crippen LogP contribution in [0.2, 0.25) is 0 Å². The minimum Gasteiger partial charge on any atom is -0.449 e. The van der Waals surface area contributed by atoms with E-state index in [4.69, 9.17) is 4.74 Å². The number of carbonyl (C=O) groups excluding carboxylic acids is 2. The quantitative estimate of drug-likeness (QED) is 0.509. The third-order valence-corrected chi connectivity index (χ3v) is 2.07. The number of rotatable bonds is 4. The predicted octanol–water partition coefficient (Wildman–Crippen LogP) is 1.71. The smallest absolute Gasteiger partial charge is 0.416 e. The number of hydrogen-bond acceptors (Lipinski definition) is 3.